The molecule has 0 bridgehead atoms. The van der Waals surface area contributed by atoms with Gasteiger partial charge in [-0.25, -0.2) is 0 Å². The molecular weight excluding hydrogens is 160 g/mol. The maximum Gasteiger partial charge on any atom is 0.0653 e. The van der Waals surface area contributed by atoms with Crippen LogP contribution in [-0.2, 0) is 0 Å². The third kappa shape index (κ3) is 5.09. The number of hydrogen-bond acceptors (Lipinski definition) is 1. The van der Waals surface area contributed by atoms with E-state index in [0.717, 1.165) is 19.3 Å². The van der Waals surface area contributed by atoms with Gasteiger partial charge in [-0.3, -0.25) is 0 Å². The molecule has 0 aliphatic heterocycles. The highest BCUT2D eigenvalue weighted by Crippen LogP contribution is 2.28. The molecule has 1 N–H and O–H groups in total. The smallest absolute Gasteiger partial charge is 0.0653 e. The Hall–Kier alpha value is -0.300. The molecule has 0 radical (unpaired) electrons. The van der Waals surface area contributed by atoms with Gasteiger partial charge < -0.3 is 5.11 Å². The predicted molar refractivity (Wildman–Crippen MR) is 58.7 cm³/mol. The Bertz CT molecular complexity index is 151. The zero-order chi connectivity index (χ0) is 10.5. The van der Waals surface area contributed by atoms with Crippen molar-refractivity contribution in [2.75, 3.05) is 0 Å². The molecule has 0 aromatic rings. The lowest BCUT2D eigenvalue weighted by molar-refractivity contribution is -0.000298. The summed E-state index contributed by atoms with van der Waals surface area (Å²) in [6.45, 7) is 12.2. The highest BCUT2D eigenvalue weighted by molar-refractivity contribution is 4.86. The maximum atomic E-state index is 10.2. The standard InChI is InChI=1S/C12H24O/c1-6-11(5)9-12(13,7-2)8-10(3)4/h6,10-11,13H,1,7-9H2,2-5H3. The van der Waals surface area contributed by atoms with Crippen molar-refractivity contribution < 1.29 is 5.11 Å². The van der Waals surface area contributed by atoms with Crippen LogP contribution in [0.3, 0.4) is 0 Å². The minimum atomic E-state index is -0.484. The summed E-state index contributed by atoms with van der Waals surface area (Å²) in [5.74, 6) is 0.964. The Morgan fingerprint density at radius 1 is 1.31 bits per heavy atom. The molecule has 1 nitrogen and oxygen atoms in total. The number of rotatable bonds is 6. The molecule has 0 rings (SSSR count). The summed E-state index contributed by atoms with van der Waals surface area (Å²) in [4.78, 5) is 0. The van der Waals surface area contributed by atoms with Crippen molar-refractivity contribution in [1.29, 1.82) is 0 Å². The van der Waals surface area contributed by atoms with Gasteiger partial charge in [0.05, 0.1) is 5.60 Å². The molecule has 2 atom stereocenters. The molecule has 13 heavy (non-hydrogen) atoms. The van der Waals surface area contributed by atoms with Crippen LogP contribution < -0.4 is 0 Å². The Labute approximate surface area is 82.9 Å². The second-order valence-corrected chi connectivity index (χ2v) is 4.59. The number of allylic oxidation sites excluding steroid dienone is 1. The highest BCUT2D eigenvalue weighted by atomic mass is 16.3. The monoisotopic (exact) mass is 184 g/mol. The van der Waals surface area contributed by atoms with Crippen LogP contribution in [0.4, 0.5) is 0 Å². The zero-order valence-corrected chi connectivity index (χ0v) is 9.51. The molecule has 0 fully saturated rings. The Morgan fingerprint density at radius 3 is 2.15 bits per heavy atom. The van der Waals surface area contributed by atoms with Crippen LogP contribution in [0.2, 0.25) is 0 Å². The van der Waals surface area contributed by atoms with Gasteiger partial charge >= 0.3 is 0 Å². The van der Waals surface area contributed by atoms with E-state index >= 15 is 0 Å². The van der Waals surface area contributed by atoms with E-state index in [1.54, 1.807) is 0 Å². The Balaban J connectivity index is 4.18. The van der Waals surface area contributed by atoms with Gasteiger partial charge in [-0.15, -0.1) is 6.58 Å². The first-order valence-corrected chi connectivity index (χ1v) is 5.28. The molecule has 0 aromatic carbocycles. The van der Waals surface area contributed by atoms with Crippen molar-refractivity contribution in [2.45, 2.75) is 52.6 Å². The van der Waals surface area contributed by atoms with E-state index in [4.69, 9.17) is 0 Å². The summed E-state index contributed by atoms with van der Waals surface area (Å²) >= 11 is 0. The van der Waals surface area contributed by atoms with Crippen LogP contribution >= 0.6 is 0 Å². The van der Waals surface area contributed by atoms with Gasteiger partial charge in [-0.2, -0.15) is 0 Å². The minimum absolute atomic E-state index is 0.406. The number of aliphatic hydroxyl groups is 1. The Morgan fingerprint density at radius 2 is 1.85 bits per heavy atom. The van der Waals surface area contributed by atoms with Crippen LogP contribution in [0.15, 0.2) is 12.7 Å². The second kappa shape index (κ2) is 5.43. The third-order valence-corrected chi connectivity index (χ3v) is 2.55. The Kier molecular flexibility index (Phi) is 5.31. The molecule has 1 heteroatoms. The van der Waals surface area contributed by atoms with E-state index in [0.29, 0.717) is 11.8 Å². The molecule has 0 aromatic heterocycles. The molecule has 0 heterocycles. The lowest BCUT2D eigenvalue weighted by Crippen LogP contribution is -2.31. The van der Waals surface area contributed by atoms with Crippen molar-refractivity contribution in [3.05, 3.63) is 12.7 Å². The predicted octanol–water partition coefficient (Wildman–Crippen LogP) is 3.39. The van der Waals surface area contributed by atoms with Crippen LogP contribution in [0.1, 0.15) is 47.0 Å². The van der Waals surface area contributed by atoms with E-state index in [-0.39, 0.29) is 0 Å². The zero-order valence-electron chi connectivity index (χ0n) is 9.51. The van der Waals surface area contributed by atoms with Gasteiger partial charge in [0.25, 0.3) is 0 Å². The fourth-order valence-electron chi connectivity index (χ4n) is 1.81. The summed E-state index contributed by atoms with van der Waals surface area (Å²) in [6.07, 6.45) is 4.48. The summed E-state index contributed by atoms with van der Waals surface area (Å²) < 4.78 is 0. The molecule has 2 unspecified atom stereocenters. The van der Waals surface area contributed by atoms with Crippen LogP contribution in [0, 0.1) is 11.8 Å². The van der Waals surface area contributed by atoms with Crippen LogP contribution in [-0.4, -0.2) is 10.7 Å². The van der Waals surface area contributed by atoms with Crippen molar-refractivity contribution in [1.82, 2.24) is 0 Å². The largest absolute Gasteiger partial charge is 0.390 e. The van der Waals surface area contributed by atoms with Gasteiger partial charge in [0, 0.05) is 0 Å². The summed E-state index contributed by atoms with van der Waals surface area (Å²) in [5, 5.41) is 10.2. The van der Waals surface area contributed by atoms with E-state index in [9.17, 15) is 5.11 Å². The molecule has 0 saturated heterocycles. The highest BCUT2D eigenvalue weighted by Gasteiger charge is 2.26. The minimum Gasteiger partial charge on any atom is -0.390 e. The van der Waals surface area contributed by atoms with Gasteiger partial charge in [-0.1, -0.05) is 33.8 Å². The summed E-state index contributed by atoms with van der Waals surface area (Å²) in [7, 11) is 0. The first-order valence-electron chi connectivity index (χ1n) is 5.28. The SMILES string of the molecule is C=CC(C)CC(O)(CC)CC(C)C. The fourth-order valence-corrected chi connectivity index (χ4v) is 1.81. The van der Waals surface area contributed by atoms with Gasteiger partial charge in [0.2, 0.25) is 0 Å². The normalized spacial score (nSPS) is 18.3. The third-order valence-electron chi connectivity index (χ3n) is 2.55. The first-order chi connectivity index (χ1) is 5.93. The fraction of sp³-hybridized carbons (Fsp3) is 0.833. The van der Waals surface area contributed by atoms with E-state index in [1.807, 2.05) is 6.08 Å². The molecule has 0 saturated carbocycles. The second-order valence-electron chi connectivity index (χ2n) is 4.59. The van der Waals surface area contributed by atoms with Gasteiger partial charge in [-0.05, 0) is 31.1 Å². The topological polar surface area (TPSA) is 20.2 Å². The molecule has 0 spiro atoms. The van der Waals surface area contributed by atoms with Crippen molar-refractivity contribution >= 4 is 0 Å². The average molecular weight is 184 g/mol. The quantitative estimate of drug-likeness (QED) is 0.627. The lowest BCUT2D eigenvalue weighted by atomic mass is 9.83. The van der Waals surface area contributed by atoms with Crippen molar-refractivity contribution in [2.24, 2.45) is 11.8 Å². The molecule has 0 aliphatic rings. The van der Waals surface area contributed by atoms with Crippen LogP contribution in [0.5, 0.6) is 0 Å². The van der Waals surface area contributed by atoms with Crippen molar-refractivity contribution in [3.63, 3.8) is 0 Å². The summed E-state index contributed by atoms with van der Waals surface area (Å²) in [6, 6.07) is 0. The molecule has 0 amide bonds. The van der Waals surface area contributed by atoms with E-state index < -0.39 is 5.60 Å². The van der Waals surface area contributed by atoms with E-state index in [1.165, 1.54) is 0 Å². The van der Waals surface area contributed by atoms with Crippen molar-refractivity contribution in [3.8, 4) is 0 Å². The molecule has 0 aliphatic carbocycles. The maximum absolute atomic E-state index is 10.2. The van der Waals surface area contributed by atoms with Gasteiger partial charge in [0.1, 0.15) is 0 Å². The van der Waals surface area contributed by atoms with E-state index in [2.05, 4.69) is 34.3 Å². The molecular formula is C12H24O. The lowest BCUT2D eigenvalue weighted by Gasteiger charge is -2.30. The van der Waals surface area contributed by atoms with Crippen LogP contribution in [0.25, 0.3) is 0 Å². The summed E-state index contributed by atoms with van der Waals surface area (Å²) in [5.41, 5.74) is -0.484. The first kappa shape index (κ1) is 12.7. The van der Waals surface area contributed by atoms with Gasteiger partial charge in [0.15, 0.2) is 0 Å². The molecule has 78 valence electrons. The number of hydrogen-bond donors (Lipinski definition) is 1. The average Bonchev–Trinajstić information content (AvgIpc) is 2.02.